The highest BCUT2D eigenvalue weighted by atomic mass is 19.4. The number of carbonyl (C=O) groups is 1. The normalized spacial score (nSPS) is 12.6. The van der Waals surface area contributed by atoms with Crippen LogP contribution in [0.15, 0.2) is 88.8 Å². The van der Waals surface area contributed by atoms with Gasteiger partial charge in [-0.2, -0.15) is 0 Å². The first-order chi connectivity index (χ1) is 16.7. The number of benzene rings is 3. The minimum atomic E-state index is -4.76. The molecule has 0 bridgehead atoms. The number of terminal acetylenes is 1. The summed E-state index contributed by atoms with van der Waals surface area (Å²) in [6, 6.07) is 20.3. The second-order valence-electron chi connectivity index (χ2n) is 6.87. The topological polar surface area (TPSA) is 98.3 Å². The van der Waals surface area contributed by atoms with Crippen molar-refractivity contribution in [1.82, 2.24) is 0 Å². The van der Waals surface area contributed by atoms with E-state index in [1.54, 1.807) is 48.5 Å². The number of hydrogen-bond donors (Lipinski definition) is 2. The largest absolute Gasteiger partial charge is 0.573 e. The highest BCUT2D eigenvalue weighted by Gasteiger charge is 2.30. The Balaban J connectivity index is 1.55. The lowest BCUT2D eigenvalue weighted by molar-refractivity contribution is -0.274. The van der Waals surface area contributed by atoms with Crippen LogP contribution in [0.3, 0.4) is 0 Å². The Morgan fingerprint density at radius 2 is 1.69 bits per heavy atom. The third kappa shape index (κ3) is 7.94. The van der Waals surface area contributed by atoms with Crippen LogP contribution in [0.2, 0.25) is 0 Å². The van der Waals surface area contributed by atoms with Crippen LogP contribution in [0.4, 0.5) is 29.3 Å². The van der Waals surface area contributed by atoms with Crippen LogP contribution in [-0.4, -0.2) is 24.6 Å². The van der Waals surface area contributed by atoms with E-state index in [0.29, 0.717) is 22.5 Å². The molecule has 0 aromatic heterocycles. The van der Waals surface area contributed by atoms with Gasteiger partial charge in [-0.3, -0.25) is 5.32 Å². The monoisotopic (exact) mass is 480 g/mol. The predicted octanol–water partition coefficient (Wildman–Crippen LogP) is 5.57. The number of ether oxygens (including phenoxy) is 2. The Morgan fingerprint density at radius 3 is 2.29 bits per heavy atom. The van der Waals surface area contributed by atoms with E-state index in [9.17, 15) is 18.0 Å². The van der Waals surface area contributed by atoms with Gasteiger partial charge in [0.05, 0.1) is 5.69 Å². The van der Waals surface area contributed by atoms with Crippen molar-refractivity contribution in [2.45, 2.75) is 12.5 Å². The molecule has 0 heterocycles. The zero-order valence-corrected chi connectivity index (χ0v) is 18.1. The van der Waals surface area contributed by atoms with Crippen molar-refractivity contribution in [3.63, 3.8) is 0 Å². The molecule has 7 nitrogen and oxygen atoms in total. The first-order valence-corrected chi connectivity index (χ1v) is 10.0. The quantitative estimate of drug-likeness (QED) is 0.262. The summed E-state index contributed by atoms with van der Waals surface area (Å²) in [5.74, 6) is 2.20. The third-order valence-corrected chi connectivity index (χ3v) is 4.38. The minimum absolute atomic E-state index is 0.136. The van der Waals surface area contributed by atoms with Gasteiger partial charge in [-0.1, -0.05) is 36.3 Å². The summed E-state index contributed by atoms with van der Waals surface area (Å²) in [6.07, 6.45) is 0.327. The summed E-state index contributed by atoms with van der Waals surface area (Å²) in [4.78, 5) is 20.2. The summed E-state index contributed by atoms with van der Waals surface area (Å²) < 4.78 is 45.7. The summed E-state index contributed by atoms with van der Waals surface area (Å²) in [6.45, 7) is 0. The van der Waals surface area contributed by atoms with E-state index in [-0.39, 0.29) is 11.6 Å². The van der Waals surface area contributed by atoms with Gasteiger partial charge in [-0.15, -0.1) is 19.6 Å². The Kier molecular flexibility index (Phi) is 8.08. The van der Waals surface area contributed by atoms with Crippen molar-refractivity contribution in [1.29, 1.82) is 0 Å². The van der Waals surface area contributed by atoms with Crippen LogP contribution >= 0.6 is 0 Å². The highest BCUT2D eigenvalue weighted by molar-refractivity contribution is 6.01. The molecule has 0 aliphatic heterocycles. The van der Waals surface area contributed by atoms with E-state index in [2.05, 4.69) is 26.0 Å². The molecule has 0 aliphatic carbocycles. The van der Waals surface area contributed by atoms with Gasteiger partial charge >= 0.3 is 12.5 Å². The second kappa shape index (κ2) is 11.4. The molecule has 3 aromatic carbocycles. The van der Waals surface area contributed by atoms with Gasteiger partial charge in [-0.25, -0.2) is 14.8 Å². The maximum absolute atomic E-state index is 12.2. The molecule has 10 heteroatoms. The molecule has 0 saturated carbocycles. The molecule has 0 spiro atoms. The smallest absolute Gasteiger partial charge is 0.428 e. The lowest BCUT2D eigenvalue weighted by Gasteiger charge is -2.13. The minimum Gasteiger partial charge on any atom is -0.428 e. The van der Waals surface area contributed by atoms with Crippen LogP contribution < -0.4 is 15.8 Å². The molecule has 0 aliphatic rings. The number of amides is 1. The maximum atomic E-state index is 12.2. The number of hydrogen-bond acceptors (Lipinski definition) is 4. The van der Waals surface area contributed by atoms with Crippen LogP contribution in [0.1, 0.15) is 17.2 Å². The molecule has 0 fully saturated rings. The molecule has 1 atom stereocenters. The predicted molar refractivity (Wildman–Crippen MR) is 127 cm³/mol. The van der Waals surface area contributed by atoms with Gasteiger partial charge in [0.2, 0.25) is 0 Å². The average molecular weight is 480 g/mol. The molecule has 3 aromatic rings. The number of alkyl halides is 3. The molecular weight excluding hydrogens is 461 g/mol. The summed E-state index contributed by atoms with van der Waals surface area (Å²) in [7, 11) is 0. The SMILES string of the molecule is C#CC(OC(=O)Nc1ccc(C(N)=NC=Nc2ccc(OC(F)(F)F)cc2)cc1)c1ccccc1. The summed E-state index contributed by atoms with van der Waals surface area (Å²) in [5.41, 5.74) is 7.97. The molecule has 35 heavy (non-hydrogen) atoms. The zero-order chi connectivity index (χ0) is 25.3. The molecular formula is C25H19F3N4O3. The lowest BCUT2D eigenvalue weighted by atomic mass is 10.1. The number of anilines is 1. The fourth-order valence-electron chi connectivity index (χ4n) is 2.77. The average Bonchev–Trinajstić information content (AvgIpc) is 2.83. The van der Waals surface area contributed by atoms with Crippen molar-refractivity contribution in [3.05, 3.63) is 90.0 Å². The van der Waals surface area contributed by atoms with Crippen molar-refractivity contribution < 1.29 is 27.4 Å². The highest BCUT2D eigenvalue weighted by Crippen LogP contribution is 2.24. The first kappa shape index (κ1) is 24.9. The van der Waals surface area contributed by atoms with Gasteiger partial charge < -0.3 is 15.2 Å². The van der Waals surface area contributed by atoms with Crippen molar-refractivity contribution in [2.75, 3.05) is 5.32 Å². The molecule has 178 valence electrons. The van der Waals surface area contributed by atoms with E-state index >= 15 is 0 Å². The number of nitrogens with two attached hydrogens (primary N) is 1. The Morgan fingerprint density at radius 1 is 1.03 bits per heavy atom. The van der Waals surface area contributed by atoms with Gasteiger partial charge in [0.15, 0.2) is 6.10 Å². The van der Waals surface area contributed by atoms with E-state index in [4.69, 9.17) is 16.9 Å². The fourth-order valence-corrected chi connectivity index (χ4v) is 2.77. The van der Waals surface area contributed by atoms with Crippen LogP contribution in [0.5, 0.6) is 5.75 Å². The van der Waals surface area contributed by atoms with E-state index in [1.165, 1.54) is 18.5 Å². The number of halogens is 3. The molecule has 0 saturated heterocycles. The fraction of sp³-hybridized carbons (Fsp3) is 0.0800. The van der Waals surface area contributed by atoms with E-state index < -0.39 is 18.6 Å². The number of aliphatic imine (C=N–C) groups is 2. The summed E-state index contributed by atoms with van der Waals surface area (Å²) >= 11 is 0. The third-order valence-electron chi connectivity index (χ3n) is 4.38. The molecule has 3 rings (SSSR count). The Hall–Kier alpha value is -4.78. The lowest BCUT2D eigenvalue weighted by Crippen LogP contribution is -2.17. The van der Waals surface area contributed by atoms with Crippen molar-refractivity contribution >= 4 is 29.6 Å². The van der Waals surface area contributed by atoms with Gasteiger partial charge in [0, 0.05) is 16.8 Å². The van der Waals surface area contributed by atoms with Crippen LogP contribution in [0, 0.1) is 12.3 Å². The Labute approximate surface area is 199 Å². The molecule has 0 radical (unpaired) electrons. The number of nitrogens with zero attached hydrogens (tertiary/aromatic N) is 2. The molecule has 3 N–H and O–H groups in total. The Bertz CT molecular complexity index is 1230. The van der Waals surface area contributed by atoms with Gasteiger partial charge in [0.1, 0.15) is 17.9 Å². The number of nitrogens with one attached hydrogen (secondary N) is 1. The second-order valence-corrected chi connectivity index (χ2v) is 6.87. The van der Waals surface area contributed by atoms with Crippen molar-refractivity contribution in [3.8, 4) is 18.1 Å². The van der Waals surface area contributed by atoms with Gasteiger partial charge in [0.25, 0.3) is 0 Å². The first-order valence-electron chi connectivity index (χ1n) is 10.0. The zero-order valence-electron chi connectivity index (χ0n) is 18.1. The molecule has 1 amide bonds. The van der Waals surface area contributed by atoms with Crippen LogP contribution in [0.25, 0.3) is 0 Å². The standard InChI is InChI=1S/C25H19F3N4O3/c1-2-22(17-6-4-3-5-7-17)34-24(33)32-20-10-8-18(9-11-20)23(29)31-16-30-19-12-14-21(15-13-19)35-25(26,27)28/h1,3-16,22H,(H,32,33)(H2,29,30,31). The maximum Gasteiger partial charge on any atom is 0.573 e. The van der Waals surface area contributed by atoms with Crippen molar-refractivity contribution in [2.24, 2.45) is 15.7 Å². The van der Waals surface area contributed by atoms with E-state index in [1.807, 2.05) is 6.07 Å². The van der Waals surface area contributed by atoms with E-state index in [0.717, 1.165) is 12.1 Å². The van der Waals surface area contributed by atoms with Gasteiger partial charge in [-0.05, 0) is 48.5 Å². The summed E-state index contributed by atoms with van der Waals surface area (Å²) in [5, 5.41) is 2.58. The van der Waals surface area contributed by atoms with Crippen LogP contribution in [-0.2, 0) is 4.74 Å². The number of carbonyl (C=O) groups excluding carboxylic acids is 1. The number of rotatable bonds is 7. The molecule has 1 unspecified atom stereocenters. The number of amidine groups is 1.